The van der Waals surface area contributed by atoms with Gasteiger partial charge in [-0.2, -0.15) is 0 Å². The average Bonchev–Trinajstić information content (AvgIpc) is 3.93. The number of hydrogen-bond acceptors (Lipinski definition) is 2. The third-order valence-corrected chi connectivity index (χ3v) is 14.4. The van der Waals surface area contributed by atoms with Crippen molar-refractivity contribution in [3.63, 3.8) is 0 Å². The van der Waals surface area contributed by atoms with E-state index in [1.165, 1.54) is 93.4 Å². The smallest absolute Gasteiger partial charge is 0.143 e. The Balaban J connectivity index is 0.930. The fourth-order valence-electron chi connectivity index (χ4n) is 11.5. The van der Waals surface area contributed by atoms with E-state index < -0.39 is 0 Å². The summed E-state index contributed by atoms with van der Waals surface area (Å²) >= 11 is 0. The number of anilines is 2. The largest absolute Gasteiger partial charge is 0.455 e. The first-order chi connectivity index (χ1) is 32.7. The molecule has 1 unspecified atom stereocenters. The van der Waals surface area contributed by atoms with Crippen molar-refractivity contribution < 1.29 is 4.42 Å². The molecule has 2 atom stereocenters. The molecule has 2 heterocycles. The molecule has 308 valence electrons. The van der Waals surface area contributed by atoms with Crippen molar-refractivity contribution in [2.24, 2.45) is 0 Å². The van der Waals surface area contributed by atoms with E-state index in [2.05, 4.69) is 235 Å². The molecular formula is C64H41NO. The molecule has 2 heteroatoms. The van der Waals surface area contributed by atoms with Crippen LogP contribution in [-0.4, -0.2) is 6.04 Å². The van der Waals surface area contributed by atoms with Crippen molar-refractivity contribution in [2.45, 2.75) is 12.0 Å². The number of fused-ring (bicyclic) bond motifs is 11. The summed E-state index contributed by atoms with van der Waals surface area (Å²) in [5.74, 6) is 0.109. The Morgan fingerprint density at radius 2 is 0.970 bits per heavy atom. The van der Waals surface area contributed by atoms with E-state index in [1.54, 1.807) is 0 Å². The second-order valence-electron chi connectivity index (χ2n) is 17.9. The predicted molar refractivity (Wildman–Crippen MR) is 279 cm³/mol. The molecule has 2 nitrogen and oxygen atoms in total. The van der Waals surface area contributed by atoms with Crippen LogP contribution in [0.2, 0.25) is 0 Å². The Labute approximate surface area is 382 Å². The molecule has 0 spiro atoms. The highest BCUT2D eigenvalue weighted by atomic mass is 16.3. The van der Waals surface area contributed by atoms with Crippen LogP contribution in [0.5, 0.6) is 0 Å². The Morgan fingerprint density at radius 3 is 1.70 bits per heavy atom. The van der Waals surface area contributed by atoms with E-state index in [0.717, 1.165) is 33.1 Å². The summed E-state index contributed by atoms with van der Waals surface area (Å²) in [5, 5.41) is 12.4. The van der Waals surface area contributed by atoms with Gasteiger partial charge in [0.2, 0.25) is 0 Å². The van der Waals surface area contributed by atoms with Crippen molar-refractivity contribution in [1.82, 2.24) is 0 Å². The lowest BCUT2D eigenvalue weighted by Crippen LogP contribution is -2.28. The highest BCUT2D eigenvalue weighted by Gasteiger charge is 2.39. The van der Waals surface area contributed by atoms with Gasteiger partial charge in [-0.05, 0) is 124 Å². The molecule has 0 radical (unpaired) electrons. The van der Waals surface area contributed by atoms with E-state index in [9.17, 15) is 0 Å². The van der Waals surface area contributed by atoms with Crippen LogP contribution in [0.3, 0.4) is 0 Å². The van der Waals surface area contributed by atoms with Gasteiger partial charge in [0.25, 0.3) is 0 Å². The summed E-state index contributed by atoms with van der Waals surface area (Å²) in [5.41, 5.74) is 15.3. The molecular weight excluding hydrogens is 799 g/mol. The molecule has 1 aromatic heterocycles. The Hall–Kier alpha value is -8.46. The quantitative estimate of drug-likeness (QED) is 0.127. The molecule has 0 fully saturated rings. The normalized spacial score (nSPS) is 15.6. The van der Waals surface area contributed by atoms with Gasteiger partial charge >= 0.3 is 0 Å². The summed E-state index contributed by atoms with van der Waals surface area (Å²) in [6.45, 7) is 0. The number of hydrogen-bond donors (Lipinski definition) is 0. The monoisotopic (exact) mass is 839 g/mol. The summed E-state index contributed by atoms with van der Waals surface area (Å²) in [6, 6.07) is 80.1. The Kier molecular flexibility index (Phi) is 8.14. The second-order valence-corrected chi connectivity index (χ2v) is 17.9. The first-order valence-electron chi connectivity index (χ1n) is 23.0. The summed E-state index contributed by atoms with van der Waals surface area (Å²) in [6.07, 6.45) is 7.35. The Morgan fingerprint density at radius 1 is 0.394 bits per heavy atom. The molecule has 0 saturated heterocycles. The first kappa shape index (κ1) is 37.0. The standard InChI is InChI=1S/C64H41NO/c1-2-15-40(16-3-1)62-51-22-8-10-24-53(51)63(54-25-11-9-23-52(54)62)41-29-33-45(34-30-41)65-59-35-31-43(47-26-14-27-55-50-21-12-13-28-61(50)66-64(47)55)38-57(59)58-39-44(32-36-60(58)65)56-37-42-17-4-5-18-46(42)48-19-6-7-20-49(48)56/h1-39,58,60H/t58?,60-/m1/s1. The molecule has 2 aliphatic rings. The molecule has 1 aliphatic carbocycles. The van der Waals surface area contributed by atoms with E-state index >= 15 is 0 Å². The van der Waals surface area contributed by atoms with E-state index in [4.69, 9.17) is 4.42 Å². The fourth-order valence-corrected chi connectivity index (χ4v) is 11.5. The average molecular weight is 840 g/mol. The molecule has 66 heavy (non-hydrogen) atoms. The van der Waals surface area contributed by atoms with Crippen LogP contribution in [0.15, 0.2) is 241 Å². The van der Waals surface area contributed by atoms with Gasteiger partial charge < -0.3 is 9.32 Å². The molecule has 1 aliphatic heterocycles. The van der Waals surface area contributed by atoms with Crippen LogP contribution in [0, 0.1) is 0 Å². The highest BCUT2D eigenvalue weighted by molar-refractivity contribution is 6.21. The number of furan rings is 1. The molecule has 0 amide bonds. The maximum absolute atomic E-state index is 6.60. The third kappa shape index (κ3) is 5.55. The van der Waals surface area contributed by atoms with Crippen LogP contribution in [-0.2, 0) is 0 Å². The van der Waals surface area contributed by atoms with Crippen LogP contribution >= 0.6 is 0 Å². The van der Waals surface area contributed by atoms with Crippen molar-refractivity contribution in [3.05, 3.63) is 248 Å². The molecule has 0 N–H and O–H groups in total. The van der Waals surface area contributed by atoms with Gasteiger partial charge in [0.1, 0.15) is 11.2 Å². The van der Waals surface area contributed by atoms with E-state index in [0.29, 0.717) is 0 Å². The lowest BCUT2D eigenvalue weighted by molar-refractivity contribution is 0.670. The van der Waals surface area contributed by atoms with Gasteiger partial charge in [0, 0.05) is 33.6 Å². The lowest BCUT2D eigenvalue weighted by Gasteiger charge is -2.30. The minimum Gasteiger partial charge on any atom is -0.455 e. The van der Waals surface area contributed by atoms with Crippen LogP contribution in [0.4, 0.5) is 11.4 Å². The maximum Gasteiger partial charge on any atom is 0.143 e. The predicted octanol–water partition coefficient (Wildman–Crippen LogP) is 17.5. The Bertz CT molecular complexity index is 3950. The van der Waals surface area contributed by atoms with Gasteiger partial charge in [0.05, 0.1) is 6.04 Å². The number of nitrogens with zero attached hydrogens (tertiary/aromatic N) is 1. The van der Waals surface area contributed by atoms with E-state index in [-0.39, 0.29) is 12.0 Å². The minimum absolute atomic E-state index is 0.0883. The number of allylic oxidation sites excluding steroid dienone is 2. The summed E-state index contributed by atoms with van der Waals surface area (Å²) in [7, 11) is 0. The first-order valence-corrected chi connectivity index (χ1v) is 23.0. The van der Waals surface area contributed by atoms with Crippen LogP contribution in [0.25, 0.3) is 104 Å². The van der Waals surface area contributed by atoms with Gasteiger partial charge in [0.15, 0.2) is 0 Å². The van der Waals surface area contributed by atoms with Crippen LogP contribution < -0.4 is 4.90 Å². The van der Waals surface area contributed by atoms with Gasteiger partial charge in [-0.3, -0.25) is 0 Å². The van der Waals surface area contributed by atoms with Crippen molar-refractivity contribution in [3.8, 4) is 33.4 Å². The fraction of sp³-hybridized carbons (Fsp3) is 0.0312. The van der Waals surface area contributed by atoms with Gasteiger partial charge in [-0.25, -0.2) is 0 Å². The van der Waals surface area contributed by atoms with Gasteiger partial charge in [-0.1, -0.05) is 200 Å². The van der Waals surface area contributed by atoms with Crippen molar-refractivity contribution >= 4 is 82.0 Å². The zero-order valence-corrected chi connectivity index (χ0v) is 36.0. The van der Waals surface area contributed by atoms with E-state index in [1.807, 2.05) is 6.07 Å². The maximum atomic E-state index is 6.60. The molecule has 0 saturated carbocycles. The number of rotatable bonds is 5. The molecule has 12 aromatic rings. The zero-order valence-electron chi connectivity index (χ0n) is 36.0. The number of para-hydroxylation sites is 2. The lowest BCUT2D eigenvalue weighted by atomic mass is 9.83. The van der Waals surface area contributed by atoms with Crippen molar-refractivity contribution in [1.29, 1.82) is 0 Å². The molecule has 0 bridgehead atoms. The zero-order chi connectivity index (χ0) is 43.3. The van der Waals surface area contributed by atoms with Crippen molar-refractivity contribution in [2.75, 3.05) is 4.90 Å². The number of benzene rings is 11. The summed E-state index contributed by atoms with van der Waals surface area (Å²) < 4.78 is 6.60. The third-order valence-electron chi connectivity index (χ3n) is 14.4. The molecule has 11 aromatic carbocycles. The minimum atomic E-state index is 0.0883. The SMILES string of the molecule is C1=C[C@@H]2C(C=C1c1cc3ccccc3c3ccccc13)c1cc(-c3cccc4c3oc3ccccc34)ccc1N2c1ccc(-c2c3ccccc3c(-c3ccccc3)c3ccccc23)cc1. The molecule has 14 rings (SSSR count). The highest BCUT2D eigenvalue weighted by Crippen LogP contribution is 2.52. The summed E-state index contributed by atoms with van der Waals surface area (Å²) in [4.78, 5) is 2.56. The van der Waals surface area contributed by atoms with Gasteiger partial charge in [-0.15, -0.1) is 0 Å². The second kappa shape index (κ2) is 14.5. The topological polar surface area (TPSA) is 16.4 Å². The van der Waals surface area contributed by atoms with Crippen LogP contribution in [0.1, 0.15) is 17.0 Å².